The Labute approximate surface area is 77.5 Å². The van der Waals surface area contributed by atoms with Crippen molar-refractivity contribution >= 4 is 11.9 Å². The molecular weight excluding hydrogens is 170 g/mol. The third kappa shape index (κ3) is 3.92. The Morgan fingerprint density at radius 1 is 1.38 bits per heavy atom. The fraction of sp³-hybridized carbons (Fsp3) is 0.778. The van der Waals surface area contributed by atoms with Gasteiger partial charge in [0.2, 0.25) is 5.91 Å². The van der Waals surface area contributed by atoms with Crippen molar-refractivity contribution in [2.24, 2.45) is 5.92 Å². The Morgan fingerprint density at radius 2 is 2.00 bits per heavy atom. The zero-order valence-corrected chi connectivity index (χ0v) is 7.82. The summed E-state index contributed by atoms with van der Waals surface area (Å²) in [5.41, 5.74) is 0. The van der Waals surface area contributed by atoms with Gasteiger partial charge in [0.25, 0.3) is 0 Å². The molecule has 0 radical (unpaired) electrons. The van der Waals surface area contributed by atoms with Gasteiger partial charge in [0.1, 0.15) is 0 Å². The van der Waals surface area contributed by atoms with E-state index in [1.54, 1.807) is 11.9 Å². The highest BCUT2D eigenvalue weighted by molar-refractivity contribution is 5.80. The molecule has 0 aromatic heterocycles. The number of carbonyl (C=O) groups is 2. The standard InChI is InChI=1S/C9H15NO3/c1-10(6-7-2-3-7)8(11)4-5-9(12)13/h7H,2-6H2,1H3,(H,12,13). The van der Waals surface area contributed by atoms with Crippen molar-refractivity contribution in [1.29, 1.82) is 0 Å². The molecule has 1 aliphatic rings. The van der Waals surface area contributed by atoms with Crippen LogP contribution in [0.4, 0.5) is 0 Å². The molecule has 74 valence electrons. The Kier molecular flexibility index (Phi) is 3.28. The van der Waals surface area contributed by atoms with Crippen LogP contribution in [-0.2, 0) is 9.59 Å². The van der Waals surface area contributed by atoms with E-state index in [9.17, 15) is 9.59 Å². The second-order valence-corrected chi connectivity index (χ2v) is 3.61. The Hall–Kier alpha value is -1.06. The molecule has 0 aromatic rings. The summed E-state index contributed by atoms with van der Waals surface area (Å²) >= 11 is 0. The first-order valence-electron chi connectivity index (χ1n) is 4.55. The summed E-state index contributed by atoms with van der Waals surface area (Å²) in [5, 5.41) is 8.37. The van der Waals surface area contributed by atoms with Gasteiger partial charge in [-0.05, 0) is 18.8 Å². The van der Waals surface area contributed by atoms with Crippen LogP contribution in [0.15, 0.2) is 0 Å². The van der Waals surface area contributed by atoms with Crippen LogP contribution < -0.4 is 0 Å². The lowest BCUT2D eigenvalue weighted by molar-refractivity contribution is -0.140. The van der Waals surface area contributed by atoms with Gasteiger partial charge in [0.15, 0.2) is 0 Å². The quantitative estimate of drug-likeness (QED) is 0.686. The van der Waals surface area contributed by atoms with Crippen molar-refractivity contribution in [2.45, 2.75) is 25.7 Å². The molecule has 1 fully saturated rings. The minimum absolute atomic E-state index is 0.0608. The lowest BCUT2D eigenvalue weighted by atomic mass is 10.2. The van der Waals surface area contributed by atoms with E-state index in [4.69, 9.17) is 5.11 Å². The Balaban J connectivity index is 2.16. The number of amides is 1. The molecule has 1 saturated carbocycles. The molecule has 0 spiro atoms. The van der Waals surface area contributed by atoms with Crippen LogP contribution in [0.3, 0.4) is 0 Å². The van der Waals surface area contributed by atoms with Gasteiger partial charge in [-0.15, -0.1) is 0 Å². The van der Waals surface area contributed by atoms with Crippen LogP contribution in [0.1, 0.15) is 25.7 Å². The first kappa shape index (κ1) is 10.0. The largest absolute Gasteiger partial charge is 0.481 e. The van der Waals surface area contributed by atoms with Gasteiger partial charge in [0, 0.05) is 20.0 Å². The molecule has 0 heterocycles. The highest BCUT2D eigenvalue weighted by Crippen LogP contribution is 2.29. The van der Waals surface area contributed by atoms with E-state index in [-0.39, 0.29) is 18.7 Å². The molecule has 1 N–H and O–H groups in total. The van der Waals surface area contributed by atoms with Crippen LogP contribution >= 0.6 is 0 Å². The molecule has 0 unspecified atom stereocenters. The topological polar surface area (TPSA) is 57.6 Å². The van der Waals surface area contributed by atoms with Gasteiger partial charge >= 0.3 is 5.97 Å². The van der Waals surface area contributed by atoms with Crippen molar-refractivity contribution in [3.63, 3.8) is 0 Å². The fourth-order valence-electron chi connectivity index (χ4n) is 1.19. The minimum Gasteiger partial charge on any atom is -0.481 e. The molecule has 0 aliphatic heterocycles. The number of hydrogen-bond donors (Lipinski definition) is 1. The van der Waals surface area contributed by atoms with E-state index in [0.717, 1.165) is 6.54 Å². The van der Waals surface area contributed by atoms with Crippen molar-refractivity contribution in [3.05, 3.63) is 0 Å². The van der Waals surface area contributed by atoms with Crippen molar-refractivity contribution < 1.29 is 14.7 Å². The van der Waals surface area contributed by atoms with Crippen LogP contribution in [-0.4, -0.2) is 35.5 Å². The highest BCUT2D eigenvalue weighted by atomic mass is 16.4. The number of carboxylic acids is 1. The maximum Gasteiger partial charge on any atom is 0.303 e. The zero-order valence-electron chi connectivity index (χ0n) is 7.82. The van der Waals surface area contributed by atoms with Crippen molar-refractivity contribution in [1.82, 2.24) is 4.90 Å². The molecule has 1 rings (SSSR count). The summed E-state index contributed by atoms with van der Waals surface area (Å²) in [6, 6.07) is 0. The lowest BCUT2D eigenvalue weighted by Gasteiger charge is -2.15. The van der Waals surface area contributed by atoms with Crippen LogP contribution in [0.2, 0.25) is 0 Å². The van der Waals surface area contributed by atoms with Crippen LogP contribution in [0.25, 0.3) is 0 Å². The Morgan fingerprint density at radius 3 is 2.46 bits per heavy atom. The predicted molar refractivity (Wildman–Crippen MR) is 47.2 cm³/mol. The third-order valence-corrected chi connectivity index (χ3v) is 2.21. The van der Waals surface area contributed by atoms with E-state index >= 15 is 0 Å². The number of rotatable bonds is 5. The van der Waals surface area contributed by atoms with E-state index < -0.39 is 5.97 Å². The van der Waals surface area contributed by atoms with E-state index in [0.29, 0.717) is 5.92 Å². The first-order valence-corrected chi connectivity index (χ1v) is 4.55. The molecule has 0 saturated heterocycles. The number of aliphatic carboxylic acids is 1. The van der Waals surface area contributed by atoms with Crippen molar-refractivity contribution in [3.8, 4) is 0 Å². The third-order valence-electron chi connectivity index (χ3n) is 2.21. The maximum atomic E-state index is 11.3. The summed E-state index contributed by atoms with van der Waals surface area (Å²) in [6.07, 6.45) is 2.47. The second kappa shape index (κ2) is 4.25. The highest BCUT2D eigenvalue weighted by Gasteiger charge is 2.24. The average molecular weight is 185 g/mol. The van der Waals surface area contributed by atoms with Crippen molar-refractivity contribution in [2.75, 3.05) is 13.6 Å². The van der Waals surface area contributed by atoms with Gasteiger partial charge in [-0.25, -0.2) is 0 Å². The fourth-order valence-corrected chi connectivity index (χ4v) is 1.19. The second-order valence-electron chi connectivity index (χ2n) is 3.61. The smallest absolute Gasteiger partial charge is 0.303 e. The van der Waals surface area contributed by atoms with Gasteiger partial charge < -0.3 is 10.0 Å². The van der Waals surface area contributed by atoms with E-state index in [1.807, 2.05) is 0 Å². The molecule has 1 amide bonds. The van der Waals surface area contributed by atoms with Gasteiger partial charge in [-0.2, -0.15) is 0 Å². The first-order chi connectivity index (χ1) is 6.09. The Bertz CT molecular complexity index is 211. The van der Waals surface area contributed by atoms with Gasteiger partial charge in [-0.3, -0.25) is 9.59 Å². The molecule has 0 aromatic carbocycles. The SMILES string of the molecule is CN(CC1CC1)C(=O)CCC(=O)O. The summed E-state index contributed by atoms with van der Waals surface area (Å²) in [6.45, 7) is 0.790. The summed E-state index contributed by atoms with van der Waals surface area (Å²) in [4.78, 5) is 23.1. The van der Waals surface area contributed by atoms with Crippen LogP contribution in [0.5, 0.6) is 0 Å². The predicted octanol–water partition coefficient (Wildman–Crippen LogP) is 0.720. The molecule has 4 nitrogen and oxygen atoms in total. The number of carbonyl (C=O) groups excluding carboxylic acids is 1. The van der Waals surface area contributed by atoms with Gasteiger partial charge in [0.05, 0.1) is 6.42 Å². The molecule has 0 bridgehead atoms. The summed E-state index contributed by atoms with van der Waals surface area (Å²) < 4.78 is 0. The average Bonchev–Trinajstić information content (AvgIpc) is 2.83. The monoisotopic (exact) mass is 185 g/mol. The summed E-state index contributed by atoms with van der Waals surface area (Å²) in [7, 11) is 1.74. The molecule has 1 aliphatic carbocycles. The number of hydrogen-bond acceptors (Lipinski definition) is 2. The molecule has 4 heteroatoms. The minimum atomic E-state index is -0.909. The summed E-state index contributed by atoms with van der Waals surface area (Å²) in [5.74, 6) is -0.304. The van der Waals surface area contributed by atoms with Crippen LogP contribution in [0, 0.1) is 5.92 Å². The number of nitrogens with zero attached hydrogens (tertiary/aromatic N) is 1. The zero-order chi connectivity index (χ0) is 9.84. The maximum absolute atomic E-state index is 11.3. The van der Waals surface area contributed by atoms with E-state index in [2.05, 4.69) is 0 Å². The molecule has 13 heavy (non-hydrogen) atoms. The van der Waals surface area contributed by atoms with E-state index in [1.165, 1.54) is 12.8 Å². The number of carboxylic acid groups (broad SMARTS) is 1. The lowest BCUT2D eigenvalue weighted by Crippen LogP contribution is -2.28. The molecule has 0 atom stereocenters. The van der Waals surface area contributed by atoms with Gasteiger partial charge in [-0.1, -0.05) is 0 Å². The normalized spacial score (nSPS) is 15.5. The molecular formula is C9H15NO3.